The highest BCUT2D eigenvalue weighted by molar-refractivity contribution is 8.00. The summed E-state index contributed by atoms with van der Waals surface area (Å²) in [4.78, 5) is 12.8. The quantitative estimate of drug-likeness (QED) is 0.554. The summed E-state index contributed by atoms with van der Waals surface area (Å²) in [5.41, 5.74) is 0. The molecule has 5 nitrogen and oxygen atoms in total. The van der Waals surface area contributed by atoms with Crippen LogP contribution in [0.4, 0.5) is 0 Å². The molecule has 1 heterocycles. The van der Waals surface area contributed by atoms with E-state index in [4.69, 9.17) is 14.2 Å². The van der Waals surface area contributed by atoms with Crippen molar-refractivity contribution >= 4 is 17.7 Å². The van der Waals surface area contributed by atoms with Crippen LogP contribution in [0.1, 0.15) is 19.3 Å². The first-order valence-corrected chi connectivity index (χ1v) is 9.17. The normalized spacial score (nSPS) is 16.2. The molecular formula is C17H23NO4S. The first-order chi connectivity index (χ1) is 11.3. The van der Waals surface area contributed by atoms with Crippen LogP contribution < -0.4 is 14.8 Å². The largest absolute Gasteiger partial charge is 0.486 e. The first-order valence-electron chi connectivity index (χ1n) is 8.18. The van der Waals surface area contributed by atoms with Crippen molar-refractivity contribution in [2.45, 2.75) is 24.2 Å². The molecule has 0 unspecified atom stereocenters. The summed E-state index contributed by atoms with van der Waals surface area (Å²) >= 11 is 1.50. The third kappa shape index (κ3) is 5.62. The highest BCUT2D eigenvalue weighted by Crippen LogP contribution is 2.34. The Balaban J connectivity index is 1.29. The summed E-state index contributed by atoms with van der Waals surface area (Å²) in [5.74, 6) is 2.78. The van der Waals surface area contributed by atoms with Gasteiger partial charge in [0.15, 0.2) is 11.5 Å². The predicted molar refractivity (Wildman–Crippen MR) is 89.3 cm³/mol. The molecule has 126 valence electrons. The average Bonchev–Trinajstić information content (AvgIpc) is 3.40. The molecule has 0 atom stereocenters. The highest BCUT2D eigenvalue weighted by Gasteiger charge is 2.20. The van der Waals surface area contributed by atoms with Gasteiger partial charge in [-0.2, -0.15) is 0 Å². The van der Waals surface area contributed by atoms with Gasteiger partial charge in [-0.15, -0.1) is 11.8 Å². The number of rotatable bonds is 9. The fourth-order valence-electron chi connectivity index (χ4n) is 2.25. The van der Waals surface area contributed by atoms with E-state index in [2.05, 4.69) is 5.32 Å². The molecule has 6 heteroatoms. The zero-order valence-corrected chi connectivity index (χ0v) is 14.0. The molecule has 0 aromatic heterocycles. The number of nitrogens with one attached hydrogen (secondary N) is 1. The van der Waals surface area contributed by atoms with E-state index in [0.29, 0.717) is 25.5 Å². The van der Waals surface area contributed by atoms with E-state index in [1.807, 2.05) is 18.2 Å². The number of benzene rings is 1. The van der Waals surface area contributed by atoms with Crippen molar-refractivity contribution < 1.29 is 19.0 Å². The fraction of sp³-hybridized carbons (Fsp3) is 0.588. The molecule has 1 amide bonds. The second kappa shape index (κ2) is 8.45. The zero-order chi connectivity index (χ0) is 15.9. The van der Waals surface area contributed by atoms with Gasteiger partial charge < -0.3 is 19.5 Å². The van der Waals surface area contributed by atoms with Gasteiger partial charge in [0.05, 0.1) is 5.75 Å². The Kier molecular flexibility index (Phi) is 6.05. The third-order valence-corrected chi connectivity index (χ3v) is 4.72. The molecular weight excluding hydrogens is 314 g/mol. The van der Waals surface area contributed by atoms with E-state index in [-0.39, 0.29) is 5.91 Å². The van der Waals surface area contributed by atoms with E-state index in [1.54, 1.807) is 0 Å². The van der Waals surface area contributed by atoms with Gasteiger partial charge in [0.25, 0.3) is 0 Å². The maximum atomic E-state index is 11.8. The molecule has 1 aliphatic carbocycles. The van der Waals surface area contributed by atoms with Crippen LogP contribution in [0.3, 0.4) is 0 Å². The fourth-order valence-corrected chi connectivity index (χ4v) is 3.00. The Morgan fingerprint density at radius 1 is 1.26 bits per heavy atom. The Labute approximate surface area is 141 Å². The molecule has 1 aliphatic heterocycles. The molecule has 1 fully saturated rings. The Bertz CT molecular complexity index is 533. The molecule has 0 radical (unpaired) electrons. The van der Waals surface area contributed by atoms with Crippen molar-refractivity contribution in [2.75, 3.05) is 38.7 Å². The smallest absolute Gasteiger partial charge is 0.230 e. The summed E-state index contributed by atoms with van der Waals surface area (Å²) in [6, 6.07) is 5.78. The summed E-state index contributed by atoms with van der Waals surface area (Å²) in [5, 5.41) is 2.92. The summed E-state index contributed by atoms with van der Waals surface area (Å²) in [6.45, 7) is 3.45. The second-order valence-corrected chi connectivity index (χ2v) is 6.86. The Hall–Kier alpha value is -1.40. The van der Waals surface area contributed by atoms with Gasteiger partial charge in [-0.25, -0.2) is 0 Å². The number of thioether (sulfide) groups is 1. The van der Waals surface area contributed by atoms with Crippen LogP contribution in [-0.4, -0.2) is 44.6 Å². The van der Waals surface area contributed by atoms with Crippen LogP contribution in [0.2, 0.25) is 0 Å². The Morgan fingerprint density at radius 2 is 2.09 bits per heavy atom. The van der Waals surface area contributed by atoms with Gasteiger partial charge in [-0.3, -0.25) is 4.79 Å². The molecule has 3 rings (SSSR count). The number of carbonyl (C=O) groups excluding carboxylic acids is 1. The lowest BCUT2D eigenvalue weighted by Gasteiger charge is -2.18. The van der Waals surface area contributed by atoms with Crippen LogP contribution in [0.5, 0.6) is 11.5 Å². The van der Waals surface area contributed by atoms with Gasteiger partial charge >= 0.3 is 0 Å². The molecule has 23 heavy (non-hydrogen) atoms. The zero-order valence-electron chi connectivity index (χ0n) is 13.2. The van der Waals surface area contributed by atoms with E-state index in [1.165, 1.54) is 24.6 Å². The van der Waals surface area contributed by atoms with Gasteiger partial charge in [-0.1, -0.05) is 0 Å². The van der Waals surface area contributed by atoms with Crippen molar-refractivity contribution in [1.29, 1.82) is 0 Å². The monoisotopic (exact) mass is 337 g/mol. The van der Waals surface area contributed by atoms with E-state index in [0.717, 1.165) is 41.9 Å². The molecule has 1 aromatic carbocycles. The van der Waals surface area contributed by atoms with Crippen LogP contribution >= 0.6 is 11.8 Å². The lowest BCUT2D eigenvalue weighted by molar-refractivity contribution is -0.118. The highest BCUT2D eigenvalue weighted by atomic mass is 32.2. The van der Waals surface area contributed by atoms with Crippen molar-refractivity contribution in [2.24, 2.45) is 5.92 Å². The lowest BCUT2D eigenvalue weighted by atomic mass is 10.3. The van der Waals surface area contributed by atoms with Crippen molar-refractivity contribution in [3.05, 3.63) is 18.2 Å². The van der Waals surface area contributed by atoms with Crippen LogP contribution in [-0.2, 0) is 9.53 Å². The molecule has 0 saturated heterocycles. The standard InChI is InChI=1S/C17H23NO4S/c19-17(18-6-1-7-20-11-13-2-3-13)12-23-14-4-5-15-16(10-14)22-9-8-21-15/h4-5,10,13H,1-3,6-9,11-12H2,(H,18,19). The third-order valence-electron chi connectivity index (χ3n) is 3.72. The van der Waals surface area contributed by atoms with E-state index in [9.17, 15) is 4.79 Å². The number of fused-ring (bicyclic) bond motifs is 1. The molecule has 1 saturated carbocycles. The van der Waals surface area contributed by atoms with Gasteiger partial charge in [0.2, 0.25) is 5.91 Å². The minimum Gasteiger partial charge on any atom is -0.486 e. The molecule has 2 aliphatic rings. The lowest BCUT2D eigenvalue weighted by Crippen LogP contribution is -2.26. The second-order valence-electron chi connectivity index (χ2n) is 5.82. The maximum Gasteiger partial charge on any atom is 0.230 e. The Morgan fingerprint density at radius 3 is 2.91 bits per heavy atom. The van der Waals surface area contributed by atoms with Crippen molar-refractivity contribution in [3.8, 4) is 11.5 Å². The summed E-state index contributed by atoms with van der Waals surface area (Å²) < 4.78 is 16.6. The van der Waals surface area contributed by atoms with Crippen LogP contribution in [0.15, 0.2) is 23.1 Å². The van der Waals surface area contributed by atoms with E-state index < -0.39 is 0 Å². The SMILES string of the molecule is O=C(CSc1ccc2c(c1)OCCO2)NCCCOCC1CC1. The molecule has 1 N–H and O–H groups in total. The van der Waals surface area contributed by atoms with Crippen LogP contribution in [0.25, 0.3) is 0 Å². The van der Waals surface area contributed by atoms with Crippen LogP contribution in [0, 0.1) is 5.92 Å². The summed E-state index contributed by atoms with van der Waals surface area (Å²) in [6.07, 6.45) is 3.49. The van der Waals surface area contributed by atoms with Crippen molar-refractivity contribution in [3.63, 3.8) is 0 Å². The van der Waals surface area contributed by atoms with Crippen molar-refractivity contribution in [1.82, 2.24) is 5.32 Å². The molecule has 0 spiro atoms. The first kappa shape index (κ1) is 16.5. The number of hydrogen-bond donors (Lipinski definition) is 1. The van der Waals surface area contributed by atoms with Gasteiger partial charge in [0.1, 0.15) is 13.2 Å². The number of amides is 1. The van der Waals surface area contributed by atoms with Gasteiger partial charge in [-0.05, 0) is 43.4 Å². The summed E-state index contributed by atoms with van der Waals surface area (Å²) in [7, 11) is 0. The number of carbonyl (C=O) groups is 1. The average molecular weight is 337 g/mol. The predicted octanol–water partition coefficient (Wildman–Crippen LogP) is 2.48. The minimum atomic E-state index is 0.0482. The minimum absolute atomic E-state index is 0.0482. The van der Waals surface area contributed by atoms with Gasteiger partial charge in [0, 0.05) is 24.7 Å². The number of hydrogen-bond acceptors (Lipinski definition) is 5. The topological polar surface area (TPSA) is 56.8 Å². The molecule has 1 aromatic rings. The number of ether oxygens (including phenoxy) is 3. The van der Waals surface area contributed by atoms with E-state index >= 15 is 0 Å². The maximum absolute atomic E-state index is 11.8. The molecule has 0 bridgehead atoms.